The predicted molar refractivity (Wildman–Crippen MR) is 76.9 cm³/mol. The molecule has 1 fully saturated rings. The normalized spacial score (nSPS) is 27.8. The highest BCUT2D eigenvalue weighted by molar-refractivity contribution is 8.00. The molecule has 0 saturated carbocycles. The Morgan fingerprint density at radius 1 is 1.33 bits per heavy atom. The Morgan fingerprint density at radius 3 is 2.94 bits per heavy atom. The summed E-state index contributed by atoms with van der Waals surface area (Å²) in [5, 5.41) is 12.2. The molecule has 18 heavy (non-hydrogen) atoms. The van der Waals surface area contributed by atoms with E-state index >= 15 is 0 Å². The largest absolute Gasteiger partial charge is 0.389 e. The van der Waals surface area contributed by atoms with Crippen LogP contribution in [0.2, 0.25) is 0 Å². The number of nitrogens with zero attached hydrogens (tertiary/aromatic N) is 1. The van der Waals surface area contributed by atoms with Crippen LogP contribution in [0.4, 0.5) is 0 Å². The summed E-state index contributed by atoms with van der Waals surface area (Å²) in [6.45, 7) is 2.18. The Hall–Kier alpha value is -1.06. The maximum absolute atomic E-state index is 10.5. The van der Waals surface area contributed by atoms with Gasteiger partial charge in [-0.1, -0.05) is 31.2 Å². The van der Waals surface area contributed by atoms with Gasteiger partial charge in [0.15, 0.2) is 0 Å². The van der Waals surface area contributed by atoms with Gasteiger partial charge in [-0.2, -0.15) is 11.8 Å². The van der Waals surface area contributed by atoms with Gasteiger partial charge in [0.1, 0.15) is 0 Å². The highest BCUT2D eigenvalue weighted by Gasteiger charge is 2.36. The maximum Gasteiger partial charge on any atom is 0.0803 e. The molecule has 1 saturated heterocycles. The lowest BCUT2D eigenvalue weighted by Crippen LogP contribution is -2.31. The van der Waals surface area contributed by atoms with E-state index in [2.05, 4.69) is 24.0 Å². The Kier molecular flexibility index (Phi) is 3.04. The van der Waals surface area contributed by atoms with E-state index in [1.807, 2.05) is 36.0 Å². The van der Waals surface area contributed by atoms with Gasteiger partial charge in [0.25, 0.3) is 0 Å². The number of pyridine rings is 1. The molecule has 94 valence electrons. The summed E-state index contributed by atoms with van der Waals surface area (Å²) in [5.41, 5.74) is 1.43. The molecule has 0 radical (unpaired) electrons. The Balaban J connectivity index is 1.86. The van der Waals surface area contributed by atoms with Crippen LogP contribution in [0.1, 0.15) is 19.0 Å². The van der Waals surface area contributed by atoms with Crippen LogP contribution in [0.15, 0.2) is 36.4 Å². The van der Waals surface area contributed by atoms with Crippen LogP contribution in [0.25, 0.3) is 10.9 Å². The number of benzene rings is 1. The zero-order valence-electron chi connectivity index (χ0n) is 10.5. The molecule has 1 aliphatic heterocycles. The lowest BCUT2D eigenvalue weighted by atomic mass is 9.94. The molecule has 1 aromatic carbocycles. The van der Waals surface area contributed by atoms with Gasteiger partial charge in [0.2, 0.25) is 0 Å². The van der Waals surface area contributed by atoms with Gasteiger partial charge in [-0.25, -0.2) is 0 Å². The third-order valence-corrected chi connectivity index (χ3v) is 4.91. The van der Waals surface area contributed by atoms with E-state index in [1.54, 1.807) is 0 Å². The first-order valence-electron chi connectivity index (χ1n) is 6.33. The van der Waals surface area contributed by atoms with E-state index in [9.17, 15) is 5.11 Å². The molecule has 2 atom stereocenters. The van der Waals surface area contributed by atoms with Gasteiger partial charge in [0, 0.05) is 28.5 Å². The standard InChI is InChI=1S/C15H17NOS/c1-11-8-15(17,10-18-11)9-13-7-6-12-4-2-3-5-14(12)16-13/h2-7,11,17H,8-10H2,1H3. The second-order valence-corrected chi connectivity index (χ2v) is 6.65. The molecule has 2 heterocycles. The molecular formula is C15H17NOS. The van der Waals surface area contributed by atoms with E-state index in [0.717, 1.165) is 28.8 Å². The molecule has 1 aliphatic rings. The second-order valence-electron chi connectivity index (χ2n) is 5.22. The fourth-order valence-corrected chi connectivity index (χ4v) is 3.86. The van der Waals surface area contributed by atoms with Crippen LogP contribution in [0, 0.1) is 0 Å². The number of fused-ring (bicyclic) bond motifs is 1. The van der Waals surface area contributed by atoms with Crippen LogP contribution in [0.3, 0.4) is 0 Å². The molecule has 0 bridgehead atoms. The van der Waals surface area contributed by atoms with Gasteiger partial charge in [-0.05, 0) is 18.6 Å². The minimum atomic E-state index is -0.570. The highest BCUT2D eigenvalue weighted by Crippen LogP contribution is 2.36. The van der Waals surface area contributed by atoms with E-state index in [0.29, 0.717) is 11.7 Å². The molecule has 1 aromatic heterocycles. The Labute approximate surface area is 111 Å². The third kappa shape index (κ3) is 2.38. The molecule has 0 spiro atoms. The third-order valence-electron chi connectivity index (χ3n) is 3.47. The highest BCUT2D eigenvalue weighted by atomic mass is 32.2. The number of aromatic nitrogens is 1. The minimum absolute atomic E-state index is 0.551. The van der Waals surface area contributed by atoms with Crippen LogP contribution in [0.5, 0.6) is 0 Å². The number of rotatable bonds is 2. The summed E-state index contributed by atoms with van der Waals surface area (Å²) in [6.07, 6.45) is 1.53. The van der Waals surface area contributed by atoms with Crippen LogP contribution < -0.4 is 0 Å². The molecule has 2 aromatic rings. The van der Waals surface area contributed by atoms with Crippen molar-refractivity contribution in [3.05, 3.63) is 42.1 Å². The Morgan fingerprint density at radius 2 is 2.17 bits per heavy atom. The average molecular weight is 259 g/mol. The molecule has 3 rings (SSSR count). The molecule has 2 nitrogen and oxygen atoms in total. The van der Waals surface area contributed by atoms with Crippen molar-refractivity contribution in [2.24, 2.45) is 0 Å². The lowest BCUT2D eigenvalue weighted by molar-refractivity contribution is 0.0633. The van der Waals surface area contributed by atoms with Crippen LogP contribution in [-0.4, -0.2) is 26.7 Å². The van der Waals surface area contributed by atoms with Gasteiger partial charge < -0.3 is 5.11 Å². The number of thioether (sulfide) groups is 1. The Bertz CT molecular complexity index is 571. The molecular weight excluding hydrogens is 242 g/mol. The number of hydrogen-bond acceptors (Lipinski definition) is 3. The first kappa shape index (κ1) is 12.0. The molecule has 1 N–H and O–H groups in total. The monoisotopic (exact) mass is 259 g/mol. The predicted octanol–water partition coefficient (Wildman–Crippen LogP) is 3.03. The van der Waals surface area contributed by atoms with Gasteiger partial charge in [0.05, 0.1) is 11.1 Å². The molecule has 3 heteroatoms. The van der Waals surface area contributed by atoms with E-state index in [1.165, 1.54) is 0 Å². The average Bonchev–Trinajstić information content (AvgIpc) is 2.69. The van der Waals surface area contributed by atoms with Gasteiger partial charge in [-0.15, -0.1) is 0 Å². The van der Waals surface area contributed by atoms with Gasteiger partial charge >= 0.3 is 0 Å². The maximum atomic E-state index is 10.5. The van der Waals surface area contributed by atoms with Crippen molar-refractivity contribution in [2.45, 2.75) is 30.6 Å². The summed E-state index contributed by atoms with van der Waals surface area (Å²) >= 11 is 1.85. The summed E-state index contributed by atoms with van der Waals surface area (Å²) in [6, 6.07) is 12.2. The van der Waals surface area contributed by atoms with Crippen molar-refractivity contribution in [1.82, 2.24) is 4.98 Å². The smallest absolute Gasteiger partial charge is 0.0803 e. The number of aliphatic hydroxyl groups is 1. The van der Waals surface area contributed by atoms with Crippen molar-refractivity contribution < 1.29 is 5.11 Å². The van der Waals surface area contributed by atoms with Crippen LogP contribution >= 0.6 is 11.8 Å². The second kappa shape index (κ2) is 4.56. The van der Waals surface area contributed by atoms with E-state index in [-0.39, 0.29) is 0 Å². The first-order valence-corrected chi connectivity index (χ1v) is 7.38. The van der Waals surface area contributed by atoms with Crippen molar-refractivity contribution >= 4 is 22.7 Å². The van der Waals surface area contributed by atoms with E-state index in [4.69, 9.17) is 0 Å². The fraction of sp³-hybridized carbons (Fsp3) is 0.400. The zero-order valence-corrected chi connectivity index (χ0v) is 11.3. The minimum Gasteiger partial charge on any atom is -0.389 e. The molecule has 2 unspecified atom stereocenters. The van der Waals surface area contributed by atoms with Crippen molar-refractivity contribution in [1.29, 1.82) is 0 Å². The zero-order chi connectivity index (χ0) is 12.6. The summed E-state index contributed by atoms with van der Waals surface area (Å²) in [5.74, 6) is 0.822. The van der Waals surface area contributed by atoms with Gasteiger partial charge in [-0.3, -0.25) is 4.98 Å². The van der Waals surface area contributed by atoms with Crippen LogP contribution in [-0.2, 0) is 6.42 Å². The van der Waals surface area contributed by atoms with Crippen molar-refractivity contribution in [3.8, 4) is 0 Å². The van der Waals surface area contributed by atoms with Crippen molar-refractivity contribution in [3.63, 3.8) is 0 Å². The summed E-state index contributed by atoms with van der Waals surface area (Å²) in [7, 11) is 0. The number of hydrogen-bond donors (Lipinski definition) is 1. The molecule has 0 amide bonds. The molecule has 0 aliphatic carbocycles. The lowest BCUT2D eigenvalue weighted by Gasteiger charge is -2.21. The fourth-order valence-electron chi connectivity index (χ4n) is 2.62. The SMILES string of the molecule is CC1CC(O)(Cc2ccc3ccccc3n2)CS1. The summed E-state index contributed by atoms with van der Waals surface area (Å²) < 4.78 is 0. The van der Waals surface area contributed by atoms with Crippen molar-refractivity contribution in [2.75, 3.05) is 5.75 Å². The topological polar surface area (TPSA) is 33.1 Å². The van der Waals surface area contributed by atoms with E-state index < -0.39 is 5.60 Å². The summed E-state index contributed by atoms with van der Waals surface area (Å²) in [4.78, 5) is 4.64. The quantitative estimate of drug-likeness (QED) is 0.900. The first-order chi connectivity index (χ1) is 8.65. The number of para-hydroxylation sites is 1.